The van der Waals surface area contributed by atoms with Gasteiger partial charge >= 0.3 is 12.3 Å². The van der Waals surface area contributed by atoms with Crippen molar-refractivity contribution in [2.45, 2.75) is 6.36 Å². The van der Waals surface area contributed by atoms with Gasteiger partial charge in [-0.1, -0.05) is 11.6 Å². The lowest BCUT2D eigenvalue weighted by molar-refractivity contribution is -0.274. The van der Waals surface area contributed by atoms with E-state index in [-0.39, 0.29) is 22.4 Å². The Hall–Kier alpha value is -3.33. The van der Waals surface area contributed by atoms with E-state index in [1.165, 1.54) is 25.3 Å². The summed E-state index contributed by atoms with van der Waals surface area (Å²) in [7, 11) is 1.23. The molecule has 3 rings (SSSR count). The van der Waals surface area contributed by atoms with Crippen molar-refractivity contribution in [2.75, 3.05) is 7.11 Å². The fourth-order valence-corrected chi connectivity index (χ4v) is 2.46. The number of rotatable bonds is 5. The first-order valence-electron chi connectivity index (χ1n) is 8.00. The predicted molar refractivity (Wildman–Crippen MR) is 97.0 cm³/mol. The van der Waals surface area contributed by atoms with E-state index < -0.39 is 12.3 Å². The van der Waals surface area contributed by atoms with Gasteiger partial charge in [0.25, 0.3) is 0 Å². The smallest absolute Gasteiger partial charge is 0.464 e. The molecule has 0 spiro atoms. The van der Waals surface area contributed by atoms with Crippen LogP contribution < -0.4 is 9.47 Å². The second kappa shape index (κ2) is 8.36. The Balaban J connectivity index is 1.74. The van der Waals surface area contributed by atoms with E-state index >= 15 is 0 Å². The summed E-state index contributed by atoms with van der Waals surface area (Å²) in [6.45, 7) is 0. The summed E-state index contributed by atoms with van der Waals surface area (Å²) in [5.74, 6) is -0.0287. The topological polar surface area (TPSA) is 70.5 Å². The molecule has 0 aliphatic carbocycles. The highest BCUT2D eigenvalue weighted by molar-refractivity contribution is 6.29. The molecular weight excluding hydrogens is 413 g/mol. The fourth-order valence-electron chi connectivity index (χ4n) is 2.27. The summed E-state index contributed by atoms with van der Waals surface area (Å²) < 4.78 is 50.6. The summed E-state index contributed by atoms with van der Waals surface area (Å²) in [6.07, 6.45) is -4.76. The number of hydrogen-bond donors (Lipinski definition) is 0. The second-order valence-corrected chi connectivity index (χ2v) is 5.92. The number of alkyl halides is 3. The maximum atomic E-state index is 12.2. The van der Waals surface area contributed by atoms with Crippen molar-refractivity contribution >= 4 is 17.6 Å². The molecule has 29 heavy (non-hydrogen) atoms. The van der Waals surface area contributed by atoms with Crippen molar-refractivity contribution in [3.05, 3.63) is 65.4 Å². The lowest BCUT2D eigenvalue weighted by Crippen LogP contribution is -2.16. The average molecular weight is 425 g/mol. The fraction of sp³-hybridized carbons (Fsp3) is 0.105. The van der Waals surface area contributed by atoms with Crippen molar-refractivity contribution in [2.24, 2.45) is 0 Å². The zero-order valence-corrected chi connectivity index (χ0v) is 15.5. The van der Waals surface area contributed by atoms with Crippen molar-refractivity contribution in [1.82, 2.24) is 9.97 Å². The van der Waals surface area contributed by atoms with Crippen LogP contribution >= 0.6 is 11.6 Å². The number of halogens is 4. The lowest BCUT2D eigenvalue weighted by atomic mass is 10.2. The third-order valence-electron chi connectivity index (χ3n) is 3.49. The Morgan fingerprint density at radius 1 is 0.931 bits per heavy atom. The van der Waals surface area contributed by atoms with E-state index in [4.69, 9.17) is 16.3 Å². The second-order valence-electron chi connectivity index (χ2n) is 5.54. The van der Waals surface area contributed by atoms with Gasteiger partial charge in [0.15, 0.2) is 11.5 Å². The summed E-state index contributed by atoms with van der Waals surface area (Å²) in [5, 5.41) is 0.0805. The highest BCUT2D eigenvalue weighted by atomic mass is 35.5. The first kappa shape index (κ1) is 20.4. The number of carbonyl (C=O) groups is 1. The average Bonchev–Trinajstić information content (AvgIpc) is 2.68. The lowest BCUT2D eigenvalue weighted by Gasteiger charge is -2.10. The number of aromatic nitrogens is 2. The monoisotopic (exact) mass is 424 g/mol. The van der Waals surface area contributed by atoms with Crippen LogP contribution in [0.5, 0.6) is 17.2 Å². The third kappa shape index (κ3) is 5.58. The minimum atomic E-state index is -4.76. The van der Waals surface area contributed by atoms with Crippen molar-refractivity contribution in [3.8, 4) is 28.6 Å². The van der Waals surface area contributed by atoms with Crippen LogP contribution in [0, 0.1) is 0 Å². The van der Waals surface area contributed by atoms with Gasteiger partial charge in [0.1, 0.15) is 22.4 Å². The molecule has 0 aliphatic rings. The molecule has 0 fully saturated rings. The van der Waals surface area contributed by atoms with Crippen LogP contribution in [-0.4, -0.2) is 29.4 Å². The van der Waals surface area contributed by atoms with Gasteiger partial charge < -0.3 is 14.2 Å². The van der Waals surface area contributed by atoms with Gasteiger partial charge in [-0.15, -0.1) is 13.2 Å². The van der Waals surface area contributed by atoms with Crippen LogP contribution in [-0.2, 0) is 4.74 Å². The number of esters is 1. The van der Waals surface area contributed by atoms with Gasteiger partial charge in [0.05, 0.1) is 7.11 Å². The maximum Gasteiger partial charge on any atom is 0.573 e. The van der Waals surface area contributed by atoms with Crippen LogP contribution in [0.1, 0.15) is 10.5 Å². The number of ether oxygens (including phenoxy) is 3. The molecule has 0 radical (unpaired) electrons. The molecule has 0 unspecified atom stereocenters. The Labute approximate surface area is 167 Å². The van der Waals surface area contributed by atoms with Gasteiger partial charge in [-0.05, 0) is 48.5 Å². The normalized spacial score (nSPS) is 11.1. The molecule has 0 saturated heterocycles. The summed E-state index contributed by atoms with van der Waals surface area (Å²) in [4.78, 5) is 19.8. The van der Waals surface area contributed by atoms with Crippen LogP contribution in [0.4, 0.5) is 13.2 Å². The molecule has 2 aromatic carbocycles. The minimum Gasteiger partial charge on any atom is -0.464 e. The molecule has 6 nitrogen and oxygen atoms in total. The molecule has 0 aliphatic heterocycles. The molecule has 1 heterocycles. The van der Waals surface area contributed by atoms with Gasteiger partial charge in [0.2, 0.25) is 0 Å². The Kier molecular flexibility index (Phi) is 5.88. The highest BCUT2D eigenvalue weighted by Gasteiger charge is 2.31. The molecule has 150 valence electrons. The molecule has 0 atom stereocenters. The largest absolute Gasteiger partial charge is 0.573 e. The van der Waals surface area contributed by atoms with Crippen molar-refractivity contribution in [3.63, 3.8) is 0 Å². The van der Waals surface area contributed by atoms with E-state index in [9.17, 15) is 18.0 Å². The molecule has 0 N–H and O–H groups in total. The summed E-state index contributed by atoms with van der Waals surface area (Å²) in [6, 6.07) is 12.8. The third-order valence-corrected chi connectivity index (χ3v) is 3.69. The Morgan fingerprint density at radius 2 is 1.48 bits per heavy atom. The first-order valence-corrected chi connectivity index (χ1v) is 8.38. The van der Waals surface area contributed by atoms with Crippen molar-refractivity contribution < 1.29 is 32.2 Å². The van der Waals surface area contributed by atoms with Crippen LogP contribution in [0.25, 0.3) is 11.4 Å². The summed E-state index contributed by atoms with van der Waals surface area (Å²) >= 11 is 5.93. The molecular formula is C19H12ClF3N2O4. The van der Waals surface area contributed by atoms with Gasteiger partial charge in [-0.2, -0.15) is 0 Å². The number of hydrogen-bond acceptors (Lipinski definition) is 6. The van der Waals surface area contributed by atoms with E-state index in [2.05, 4.69) is 19.4 Å². The van der Waals surface area contributed by atoms with E-state index in [0.29, 0.717) is 17.1 Å². The zero-order valence-electron chi connectivity index (χ0n) is 14.7. The SMILES string of the molecule is COC(=O)c1cc(Cl)nc(-c2ccc(Oc3ccc(OC(F)(F)F)cc3)cc2)n1. The predicted octanol–water partition coefficient (Wildman–Crippen LogP) is 5.27. The van der Waals surface area contributed by atoms with E-state index in [1.807, 2.05) is 0 Å². The molecule has 0 bridgehead atoms. The van der Waals surface area contributed by atoms with Crippen LogP contribution in [0.2, 0.25) is 5.15 Å². The Bertz CT molecular complexity index is 1010. The first-order chi connectivity index (χ1) is 13.7. The van der Waals surface area contributed by atoms with E-state index in [1.54, 1.807) is 24.3 Å². The molecule has 0 amide bonds. The Morgan fingerprint density at radius 3 is 2.03 bits per heavy atom. The van der Waals surface area contributed by atoms with Gasteiger partial charge in [-0.3, -0.25) is 0 Å². The van der Waals surface area contributed by atoms with Crippen molar-refractivity contribution in [1.29, 1.82) is 0 Å². The molecule has 10 heteroatoms. The minimum absolute atomic E-state index is 0.0176. The van der Waals surface area contributed by atoms with Gasteiger partial charge in [-0.25, -0.2) is 14.8 Å². The standard InChI is InChI=1S/C19H12ClF3N2O4/c1-27-18(26)15-10-16(20)25-17(24-15)11-2-4-12(5-3-11)28-13-6-8-14(9-7-13)29-19(21,22)23/h2-10H,1H3. The van der Waals surface area contributed by atoms with E-state index in [0.717, 1.165) is 12.1 Å². The number of nitrogens with zero attached hydrogens (tertiary/aromatic N) is 2. The molecule has 0 saturated carbocycles. The van der Waals surface area contributed by atoms with Crippen LogP contribution in [0.3, 0.4) is 0 Å². The quantitative estimate of drug-likeness (QED) is 0.410. The number of methoxy groups -OCH3 is 1. The molecule has 1 aromatic heterocycles. The maximum absolute atomic E-state index is 12.2. The molecule has 3 aromatic rings. The number of benzene rings is 2. The number of carbonyl (C=O) groups excluding carboxylic acids is 1. The van der Waals surface area contributed by atoms with Gasteiger partial charge in [0, 0.05) is 11.6 Å². The zero-order chi connectivity index (χ0) is 21.0. The highest BCUT2D eigenvalue weighted by Crippen LogP contribution is 2.28. The van der Waals surface area contributed by atoms with Crippen LogP contribution in [0.15, 0.2) is 54.6 Å². The summed E-state index contributed by atoms with van der Waals surface area (Å²) in [5.41, 5.74) is 0.586.